The minimum absolute atomic E-state index is 0.0163. The molecular weight excluding hydrogens is 275 g/mol. The van der Waals surface area contributed by atoms with E-state index in [1.54, 1.807) is 0 Å². The van der Waals surface area contributed by atoms with E-state index in [9.17, 15) is 22.8 Å². The molecule has 1 aromatic carbocycles. The summed E-state index contributed by atoms with van der Waals surface area (Å²) in [5.74, 6) is -2.02. The number of aliphatic carboxylic acids is 1. The maximum Gasteiger partial charge on any atom is 0.416 e. The first-order valence-electron chi connectivity index (χ1n) is 5.90. The minimum Gasteiger partial charge on any atom is -0.480 e. The Morgan fingerprint density at radius 2 is 1.90 bits per heavy atom. The van der Waals surface area contributed by atoms with Gasteiger partial charge in [-0.25, -0.2) is 0 Å². The Morgan fingerprint density at radius 1 is 1.30 bits per heavy atom. The topological polar surface area (TPSA) is 66.4 Å². The van der Waals surface area contributed by atoms with Crippen LogP contribution in [0.4, 0.5) is 18.9 Å². The molecule has 0 saturated heterocycles. The molecule has 1 aliphatic rings. The van der Waals surface area contributed by atoms with Gasteiger partial charge < -0.3 is 10.4 Å². The number of carbonyl (C=O) groups excluding carboxylic acids is 1. The van der Waals surface area contributed by atoms with Crippen LogP contribution < -0.4 is 5.32 Å². The number of anilines is 1. The normalized spacial score (nSPS) is 16.6. The van der Waals surface area contributed by atoms with Crippen molar-refractivity contribution >= 4 is 17.6 Å². The molecule has 2 N–H and O–H groups in total. The molecule has 1 saturated carbocycles. The van der Waals surface area contributed by atoms with Crippen LogP contribution in [-0.2, 0) is 15.8 Å². The van der Waals surface area contributed by atoms with E-state index in [2.05, 4.69) is 5.32 Å². The number of alkyl halides is 3. The molecule has 108 valence electrons. The lowest BCUT2D eigenvalue weighted by molar-refractivity contribution is -0.147. The van der Waals surface area contributed by atoms with E-state index in [4.69, 9.17) is 5.11 Å². The second-order valence-electron chi connectivity index (χ2n) is 4.82. The molecule has 2 rings (SSSR count). The highest BCUT2D eigenvalue weighted by atomic mass is 19.4. The molecule has 0 unspecified atom stereocenters. The van der Waals surface area contributed by atoms with E-state index >= 15 is 0 Å². The van der Waals surface area contributed by atoms with E-state index in [-0.39, 0.29) is 24.1 Å². The van der Waals surface area contributed by atoms with Crippen LogP contribution in [0.15, 0.2) is 18.2 Å². The lowest BCUT2D eigenvalue weighted by atomic mass is 10.0. The Labute approximate surface area is 112 Å². The summed E-state index contributed by atoms with van der Waals surface area (Å²) in [7, 11) is 0. The number of hydrogen-bond donors (Lipinski definition) is 2. The average molecular weight is 287 g/mol. The first-order chi connectivity index (χ1) is 9.18. The highest BCUT2D eigenvalue weighted by Crippen LogP contribution is 2.47. The van der Waals surface area contributed by atoms with Crippen LogP contribution in [-0.4, -0.2) is 17.0 Å². The van der Waals surface area contributed by atoms with Gasteiger partial charge in [0.2, 0.25) is 5.91 Å². The summed E-state index contributed by atoms with van der Waals surface area (Å²) in [4.78, 5) is 22.9. The zero-order valence-electron chi connectivity index (χ0n) is 10.5. The van der Waals surface area contributed by atoms with E-state index in [1.165, 1.54) is 19.1 Å². The second-order valence-corrected chi connectivity index (χ2v) is 4.82. The van der Waals surface area contributed by atoms with Gasteiger partial charge in [0, 0.05) is 5.69 Å². The fourth-order valence-electron chi connectivity index (χ4n) is 1.98. The van der Waals surface area contributed by atoms with Gasteiger partial charge in [-0.15, -0.1) is 0 Å². The van der Waals surface area contributed by atoms with Crippen molar-refractivity contribution in [2.75, 3.05) is 5.32 Å². The molecule has 0 aliphatic heterocycles. The molecule has 0 spiro atoms. The predicted octanol–water partition coefficient (Wildman–Crippen LogP) is 2.82. The Hall–Kier alpha value is -2.05. The zero-order valence-corrected chi connectivity index (χ0v) is 10.5. The van der Waals surface area contributed by atoms with Gasteiger partial charge >= 0.3 is 12.1 Å². The summed E-state index contributed by atoms with van der Waals surface area (Å²) in [6, 6.07) is 3.40. The Balaban J connectivity index is 2.27. The Morgan fingerprint density at radius 3 is 2.35 bits per heavy atom. The summed E-state index contributed by atoms with van der Waals surface area (Å²) in [5.41, 5.74) is -2.48. The van der Waals surface area contributed by atoms with Crippen LogP contribution >= 0.6 is 0 Å². The number of carboxylic acids is 1. The van der Waals surface area contributed by atoms with Crippen molar-refractivity contribution in [3.63, 3.8) is 0 Å². The third kappa shape index (κ3) is 2.35. The van der Waals surface area contributed by atoms with Crippen LogP contribution in [0.5, 0.6) is 0 Å². The molecule has 0 aromatic heterocycles. The number of carbonyl (C=O) groups is 2. The maximum atomic E-state index is 12.7. The zero-order chi connectivity index (χ0) is 15.1. The SMILES string of the molecule is Cc1c(NC(=O)C2(C(=O)O)CC2)cccc1C(F)(F)F. The van der Waals surface area contributed by atoms with Crippen molar-refractivity contribution in [2.24, 2.45) is 5.41 Å². The van der Waals surface area contributed by atoms with Gasteiger partial charge in [0.1, 0.15) is 5.41 Å². The standard InChI is InChI=1S/C13H12F3NO3/c1-7-8(13(14,15)16)3-2-4-9(7)17-10(18)12(5-6-12)11(19)20/h2-4H,5-6H2,1H3,(H,17,18)(H,19,20). The first kappa shape index (κ1) is 14.4. The largest absolute Gasteiger partial charge is 0.480 e. The van der Waals surface area contributed by atoms with Gasteiger partial charge in [-0.1, -0.05) is 6.07 Å². The van der Waals surface area contributed by atoms with E-state index in [0.29, 0.717) is 0 Å². The van der Waals surface area contributed by atoms with Gasteiger partial charge in [-0.3, -0.25) is 9.59 Å². The fraction of sp³-hybridized carbons (Fsp3) is 0.385. The minimum atomic E-state index is -4.52. The molecule has 0 atom stereocenters. The van der Waals surface area contributed by atoms with Gasteiger partial charge in [-0.2, -0.15) is 13.2 Å². The molecule has 1 aliphatic carbocycles. The van der Waals surface area contributed by atoms with Gasteiger partial charge in [0.05, 0.1) is 5.56 Å². The van der Waals surface area contributed by atoms with Gasteiger partial charge in [-0.05, 0) is 37.5 Å². The van der Waals surface area contributed by atoms with Gasteiger partial charge in [0.15, 0.2) is 0 Å². The molecule has 20 heavy (non-hydrogen) atoms. The molecule has 0 bridgehead atoms. The summed E-state index contributed by atoms with van der Waals surface area (Å²) in [5, 5.41) is 11.3. The van der Waals surface area contributed by atoms with Crippen molar-refractivity contribution < 1.29 is 27.9 Å². The number of carboxylic acid groups (broad SMARTS) is 1. The van der Waals surface area contributed by atoms with Crippen molar-refractivity contribution in [1.82, 2.24) is 0 Å². The number of halogens is 3. The monoisotopic (exact) mass is 287 g/mol. The molecule has 1 amide bonds. The molecule has 7 heteroatoms. The maximum absolute atomic E-state index is 12.7. The van der Waals surface area contributed by atoms with Crippen molar-refractivity contribution in [2.45, 2.75) is 25.9 Å². The smallest absolute Gasteiger partial charge is 0.416 e. The molecular formula is C13H12F3NO3. The van der Waals surface area contributed by atoms with E-state index in [0.717, 1.165) is 6.07 Å². The third-order valence-electron chi connectivity index (χ3n) is 3.48. The first-order valence-corrected chi connectivity index (χ1v) is 5.90. The van der Waals surface area contributed by atoms with Crippen LogP contribution in [0, 0.1) is 12.3 Å². The highest BCUT2D eigenvalue weighted by Gasteiger charge is 2.57. The number of hydrogen-bond acceptors (Lipinski definition) is 2. The quantitative estimate of drug-likeness (QED) is 0.840. The summed E-state index contributed by atoms with van der Waals surface area (Å²) in [6.07, 6.45) is -4.12. The molecule has 1 aromatic rings. The van der Waals surface area contributed by atoms with Crippen molar-refractivity contribution in [1.29, 1.82) is 0 Å². The number of nitrogens with one attached hydrogen (secondary N) is 1. The molecule has 0 heterocycles. The Bertz CT molecular complexity index is 577. The number of rotatable bonds is 3. The second kappa shape index (κ2) is 4.50. The predicted molar refractivity (Wildman–Crippen MR) is 64.1 cm³/mol. The molecule has 4 nitrogen and oxygen atoms in total. The van der Waals surface area contributed by atoms with E-state index in [1.807, 2.05) is 0 Å². The summed E-state index contributed by atoms with van der Waals surface area (Å²) in [6.45, 7) is 1.23. The summed E-state index contributed by atoms with van der Waals surface area (Å²) < 4.78 is 38.2. The van der Waals surface area contributed by atoms with E-state index < -0.39 is 29.0 Å². The lowest BCUT2D eigenvalue weighted by Gasteiger charge is -2.16. The lowest BCUT2D eigenvalue weighted by Crippen LogP contribution is -2.31. The van der Waals surface area contributed by atoms with Crippen LogP contribution in [0.1, 0.15) is 24.0 Å². The van der Waals surface area contributed by atoms with Crippen LogP contribution in [0.3, 0.4) is 0 Å². The third-order valence-corrected chi connectivity index (χ3v) is 3.48. The highest BCUT2D eigenvalue weighted by molar-refractivity contribution is 6.11. The van der Waals surface area contributed by atoms with Crippen molar-refractivity contribution in [3.05, 3.63) is 29.3 Å². The van der Waals surface area contributed by atoms with Crippen LogP contribution in [0.25, 0.3) is 0 Å². The number of amides is 1. The summed E-state index contributed by atoms with van der Waals surface area (Å²) >= 11 is 0. The van der Waals surface area contributed by atoms with Crippen molar-refractivity contribution in [3.8, 4) is 0 Å². The Kier molecular flexibility index (Phi) is 3.23. The fourth-order valence-corrected chi connectivity index (χ4v) is 1.98. The van der Waals surface area contributed by atoms with Crippen LogP contribution in [0.2, 0.25) is 0 Å². The molecule has 1 fully saturated rings. The van der Waals surface area contributed by atoms with Gasteiger partial charge in [0.25, 0.3) is 0 Å². The molecule has 0 radical (unpaired) electrons. The average Bonchev–Trinajstić information content (AvgIpc) is 3.11. The number of benzene rings is 1.